The molecule has 5 nitrogen and oxygen atoms in total. The van der Waals surface area contributed by atoms with E-state index in [1.165, 1.54) is 6.08 Å². The first kappa shape index (κ1) is 14.2. The summed E-state index contributed by atoms with van der Waals surface area (Å²) in [7, 11) is 0. The molecule has 2 aliphatic rings. The molecule has 112 valence electrons. The molecule has 0 bridgehead atoms. The van der Waals surface area contributed by atoms with Crippen LogP contribution in [0.25, 0.3) is 0 Å². The molecule has 5 heteroatoms. The zero-order valence-electron chi connectivity index (χ0n) is 12.6. The molecule has 1 N–H and O–H groups in total. The van der Waals surface area contributed by atoms with Crippen molar-refractivity contribution in [2.45, 2.75) is 45.6 Å². The van der Waals surface area contributed by atoms with Crippen molar-refractivity contribution in [1.29, 1.82) is 0 Å². The van der Waals surface area contributed by atoms with E-state index in [2.05, 4.69) is 5.16 Å². The average Bonchev–Trinajstić information content (AvgIpc) is 2.76. The van der Waals surface area contributed by atoms with E-state index in [4.69, 9.17) is 4.52 Å². The quantitative estimate of drug-likeness (QED) is 0.801. The number of aryl methyl sites for hydroxylation is 1. The summed E-state index contributed by atoms with van der Waals surface area (Å²) in [5.74, 6) is -0.767. The van der Waals surface area contributed by atoms with Gasteiger partial charge in [0.1, 0.15) is 0 Å². The van der Waals surface area contributed by atoms with Crippen LogP contribution in [0.3, 0.4) is 0 Å². The van der Waals surface area contributed by atoms with Crippen LogP contribution in [0.5, 0.6) is 0 Å². The number of nitrogens with zero attached hydrogens (tertiary/aromatic N) is 1. The van der Waals surface area contributed by atoms with Crippen molar-refractivity contribution in [2.24, 2.45) is 11.3 Å². The second-order valence-corrected chi connectivity index (χ2v) is 6.66. The minimum Gasteiger partial charge on any atom is -0.374 e. The summed E-state index contributed by atoms with van der Waals surface area (Å²) >= 11 is 0. The van der Waals surface area contributed by atoms with Gasteiger partial charge in [-0.2, -0.15) is 0 Å². The molecule has 3 atom stereocenters. The molecule has 0 fully saturated rings. The first-order valence-corrected chi connectivity index (χ1v) is 7.19. The lowest BCUT2D eigenvalue weighted by atomic mass is 9.51. The maximum Gasteiger partial charge on any atom is 0.208 e. The van der Waals surface area contributed by atoms with Crippen molar-refractivity contribution in [3.63, 3.8) is 0 Å². The Hall–Kier alpha value is -1.75. The average molecular weight is 289 g/mol. The van der Waals surface area contributed by atoms with Crippen molar-refractivity contribution >= 4 is 11.6 Å². The van der Waals surface area contributed by atoms with Crippen LogP contribution in [0.1, 0.15) is 54.9 Å². The first-order valence-electron chi connectivity index (χ1n) is 7.19. The Balaban J connectivity index is 2.36. The Bertz CT molecular complexity index is 672. The SMILES string of the molecule is Cc1noc2c1C(=O)C1(O)C(=O)C=CCC1(C)C2C(C)C. The van der Waals surface area contributed by atoms with Crippen LogP contribution in [0.2, 0.25) is 0 Å². The molecule has 0 saturated carbocycles. The number of Topliss-reactive ketones (excluding diaryl/α,β-unsaturated/α-hetero) is 1. The van der Waals surface area contributed by atoms with E-state index in [-0.39, 0.29) is 17.4 Å². The predicted octanol–water partition coefficient (Wildman–Crippen LogP) is 2.19. The highest BCUT2D eigenvalue weighted by Gasteiger charge is 2.66. The minimum absolute atomic E-state index is 0.0972. The summed E-state index contributed by atoms with van der Waals surface area (Å²) < 4.78 is 5.41. The highest BCUT2D eigenvalue weighted by molar-refractivity contribution is 6.23. The number of hydrogen-bond donors (Lipinski definition) is 1. The molecule has 0 radical (unpaired) electrons. The molecule has 0 saturated heterocycles. The molecule has 3 unspecified atom stereocenters. The van der Waals surface area contributed by atoms with Gasteiger partial charge in [-0.05, 0) is 25.3 Å². The molecule has 1 aromatic rings. The van der Waals surface area contributed by atoms with Gasteiger partial charge in [-0.3, -0.25) is 9.59 Å². The van der Waals surface area contributed by atoms with Gasteiger partial charge < -0.3 is 9.63 Å². The highest BCUT2D eigenvalue weighted by atomic mass is 16.5. The number of rotatable bonds is 1. The highest BCUT2D eigenvalue weighted by Crippen LogP contribution is 2.58. The van der Waals surface area contributed by atoms with Crippen LogP contribution in [0.15, 0.2) is 16.7 Å². The monoisotopic (exact) mass is 289 g/mol. The van der Waals surface area contributed by atoms with Gasteiger partial charge in [0, 0.05) is 11.3 Å². The summed E-state index contributed by atoms with van der Waals surface area (Å²) in [4.78, 5) is 25.2. The van der Waals surface area contributed by atoms with E-state index in [1.807, 2.05) is 13.8 Å². The van der Waals surface area contributed by atoms with Crippen molar-refractivity contribution < 1.29 is 19.2 Å². The first-order chi connectivity index (χ1) is 9.75. The Morgan fingerprint density at radius 2 is 2.10 bits per heavy atom. The number of hydrogen-bond acceptors (Lipinski definition) is 5. The Kier molecular flexibility index (Phi) is 2.79. The van der Waals surface area contributed by atoms with Crippen molar-refractivity contribution in [1.82, 2.24) is 5.16 Å². The van der Waals surface area contributed by atoms with Gasteiger partial charge in [-0.15, -0.1) is 0 Å². The van der Waals surface area contributed by atoms with E-state index in [9.17, 15) is 14.7 Å². The molecule has 21 heavy (non-hydrogen) atoms. The zero-order valence-corrected chi connectivity index (χ0v) is 12.6. The maximum absolute atomic E-state index is 12.8. The summed E-state index contributed by atoms with van der Waals surface area (Å²) in [6.07, 6.45) is 3.49. The van der Waals surface area contributed by atoms with Crippen LogP contribution in [-0.2, 0) is 4.79 Å². The summed E-state index contributed by atoms with van der Waals surface area (Å²) in [6.45, 7) is 7.44. The van der Waals surface area contributed by atoms with Gasteiger partial charge in [0.2, 0.25) is 5.78 Å². The Morgan fingerprint density at radius 3 is 2.71 bits per heavy atom. The van der Waals surface area contributed by atoms with Crippen molar-refractivity contribution in [3.8, 4) is 0 Å². The fourth-order valence-corrected chi connectivity index (χ4v) is 4.07. The number of carbonyl (C=O) groups is 2. The molecule has 1 aromatic heterocycles. The molecular formula is C16H19NO4. The third-order valence-corrected chi connectivity index (χ3v) is 5.07. The minimum atomic E-state index is -2.03. The molecule has 0 aliphatic heterocycles. The van der Waals surface area contributed by atoms with Crippen LogP contribution in [0.4, 0.5) is 0 Å². The van der Waals surface area contributed by atoms with Gasteiger partial charge >= 0.3 is 0 Å². The fourth-order valence-electron chi connectivity index (χ4n) is 4.07. The van der Waals surface area contributed by atoms with E-state index in [0.717, 1.165) is 0 Å². The largest absolute Gasteiger partial charge is 0.374 e. The molecule has 3 rings (SSSR count). The van der Waals surface area contributed by atoms with Crippen LogP contribution < -0.4 is 0 Å². The lowest BCUT2D eigenvalue weighted by molar-refractivity contribution is -0.145. The number of ketones is 2. The van der Waals surface area contributed by atoms with Crippen LogP contribution in [-0.4, -0.2) is 27.4 Å². The number of fused-ring (bicyclic) bond motifs is 2. The molecular weight excluding hydrogens is 270 g/mol. The van der Waals surface area contributed by atoms with E-state index in [1.54, 1.807) is 19.9 Å². The number of aliphatic hydroxyl groups is 1. The van der Waals surface area contributed by atoms with Crippen LogP contribution in [0, 0.1) is 18.3 Å². The van der Waals surface area contributed by atoms with E-state index < -0.39 is 22.6 Å². The Labute approximate surface area is 123 Å². The topological polar surface area (TPSA) is 80.4 Å². The van der Waals surface area contributed by atoms with Crippen LogP contribution >= 0.6 is 0 Å². The zero-order chi connectivity index (χ0) is 15.6. The molecule has 0 aromatic carbocycles. The molecule has 1 heterocycles. The maximum atomic E-state index is 12.8. The van der Waals surface area contributed by atoms with Gasteiger partial charge in [0.05, 0.1) is 11.3 Å². The number of allylic oxidation sites excluding steroid dienone is 1. The third kappa shape index (κ3) is 1.47. The van der Waals surface area contributed by atoms with Gasteiger partial charge in [0.25, 0.3) is 0 Å². The second kappa shape index (κ2) is 4.13. The second-order valence-electron chi connectivity index (χ2n) is 6.66. The fraction of sp³-hybridized carbons (Fsp3) is 0.562. The lowest BCUT2D eigenvalue weighted by Crippen LogP contribution is -2.64. The lowest BCUT2D eigenvalue weighted by Gasteiger charge is -2.51. The number of aromatic nitrogens is 1. The standard InChI is InChI=1S/C16H19NO4/c1-8(2)12-13-11(9(3)17-21-13)14(19)16(20)10(18)6-5-7-15(12,16)4/h5-6,8,12,20H,7H2,1-4H3. The van der Waals surface area contributed by atoms with Crippen molar-refractivity contribution in [3.05, 3.63) is 29.2 Å². The third-order valence-electron chi connectivity index (χ3n) is 5.07. The molecule has 0 amide bonds. The Morgan fingerprint density at radius 1 is 1.43 bits per heavy atom. The molecule has 2 aliphatic carbocycles. The predicted molar refractivity (Wildman–Crippen MR) is 75.0 cm³/mol. The van der Waals surface area contributed by atoms with Gasteiger partial charge in [0.15, 0.2) is 17.1 Å². The molecule has 0 spiro atoms. The summed E-state index contributed by atoms with van der Waals surface area (Å²) in [5.41, 5.74) is -2.24. The van der Waals surface area contributed by atoms with E-state index in [0.29, 0.717) is 17.9 Å². The van der Waals surface area contributed by atoms with E-state index >= 15 is 0 Å². The summed E-state index contributed by atoms with van der Waals surface area (Å²) in [6, 6.07) is 0. The van der Waals surface area contributed by atoms with Crippen molar-refractivity contribution in [2.75, 3.05) is 0 Å². The van der Waals surface area contributed by atoms with Gasteiger partial charge in [-0.25, -0.2) is 0 Å². The normalized spacial score (nSPS) is 35.0. The number of carbonyl (C=O) groups excluding carboxylic acids is 2. The summed E-state index contributed by atoms with van der Waals surface area (Å²) in [5, 5.41) is 15.0. The van der Waals surface area contributed by atoms with Gasteiger partial charge in [-0.1, -0.05) is 32.0 Å². The smallest absolute Gasteiger partial charge is 0.208 e.